The molecule has 1 aromatic carbocycles. The first-order chi connectivity index (χ1) is 7.77. The van der Waals surface area contributed by atoms with Crippen molar-refractivity contribution in [3.05, 3.63) is 33.9 Å². The molecule has 0 radical (unpaired) electrons. The Morgan fingerprint density at radius 2 is 2.19 bits per heavy atom. The number of para-hydroxylation sites is 1. The van der Waals surface area contributed by atoms with Crippen LogP contribution >= 0.6 is 22.6 Å². The molecule has 2 aromatic rings. The van der Waals surface area contributed by atoms with Crippen LogP contribution in [0.25, 0.3) is 11.4 Å². The quantitative estimate of drug-likeness (QED) is 0.695. The van der Waals surface area contributed by atoms with Crippen molar-refractivity contribution in [2.45, 2.75) is 6.54 Å². The summed E-state index contributed by atoms with van der Waals surface area (Å²) in [6.45, 7) is 0.958. The smallest absolute Gasteiger partial charge is 0.227 e. The van der Waals surface area contributed by atoms with Crippen molar-refractivity contribution < 1.29 is 9.13 Å². The number of rotatable bonds is 0. The van der Waals surface area contributed by atoms with Crippen molar-refractivity contribution in [1.29, 1.82) is 0 Å². The van der Waals surface area contributed by atoms with Crippen LogP contribution in [0.15, 0.2) is 24.3 Å². The molecule has 0 amide bonds. The molecule has 0 saturated heterocycles. The maximum Gasteiger partial charge on any atom is 0.227 e. The molecule has 0 unspecified atom stereocenters. The van der Waals surface area contributed by atoms with Gasteiger partial charge in [0.1, 0.15) is 18.2 Å². The van der Waals surface area contributed by atoms with Gasteiger partial charge in [-0.3, -0.25) is 4.57 Å². The molecule has 0 N–H and O–H groups in total. The second-order valence-electron chi connectivity index (χ2n) is 3.51. The van der Waals surface area contributed by atoms with Crippen LogP contribution in [0.1, 0.15) is 0 Å². The first-order valence-electron chi connectivity index (χ1n) is 4.91. The van der Waals surface area contributed by atoms with E-state index in [1.165, 1.54) is 0 Å². The van der Waals surface area contributed by atoms with Crippen molar-refractivity contribution in [2.24, 2.45) is 0 Å². The molecule has 1 aromatic heterocycles. The number of benzene rings is 1. The number of ether oxygens (including phenoxy) is 1. The summed E-state index contributed by atoms with van der Waals surface area (Å²) in [5.41, 5.74) is 0.849. The van der Waals surface area contributed by atoms with Gasteiger partial charge >= 0.3 is 0 Å². The second-order valence-corrected chi connectivity index (χ2v) is 4.54. The van der Waals surface area contributed by atoms with Crippen LogP contribution in [0.5, 0.6) is 5.75 Å². The van der Waals surface area contributed by atoms with Gasteiger partial charge < -0.3 is 4.74 Å². The SMILES string of the molecule is Fc1c(I)nc2n1CCOc1ccccc1-2. The number of fused-ring (bicyclic) bond motifs is 3. The van der Waals surface area contributed by atoms with Crippen LogP contribution in [0, 0.1) is 9.65 Å². The number of hydrogen-bond donors (Lipinski definition) is 0. The van der Waals surface area contributed by atoms with E-state index in [1.807, 2.05) is 46.9 Å². The number of hydrogen-bond acceptors (Lipinski definition) is 2. The minimum atomic E-state index is -0.282. The molecule has 0 bridgehead atoms. The van der Waals surface area contributed by atoms with E-state index in [0.29, 0.717) is 22.7 Å². The first-order valence-corrected chi connectivity index (χ1v) is 5.99. The van der Waals surface area contributed by atoms with Gasteiger partial charge in [0, 0.05) is 0 Å². The van der Waals surface area contributed by atoms with Crippen LogP contribution in [-0.2, 0) is 6.54 Å². The minimum Gasteiger partial charge on any atom is -0.491 e. The lowest BCUT2D eigenvalue weighted by Gasteiger charge is -2.04. The molecule has 82 valence electrons. The summed E-state index contributed by atoms with van der Waals surface area (Å²) in [6.07, 6.45) is 0. The third-order valence-corrected chi connectivity index (χ3v) is 3.25. The Morgan fingerprint density at radius 1 is 1.38 bits per heavy atom. The van der Waals surface area contributed by atoms with Crippen LogP contribution in [0.2, 0.25) is 0 Å². The van der Waals surface area contributed by atoms with Crippen molar-refractivity contribution in [3.8, 4) is 17.1 Å². The highest BCUT2D eigenvalue weighted by atomic mass is 127. The molecule has 1 aliphatic rings. The highest BCUT2D eigenvalue weighted by Gasteiger charge is 2.21. The topological polar surface area (TPSA) is 27.1 Å². The Balaban J connectivity index is 2.29. The largest absolute Gasteiger partial charge is 0.491 e. The zero-order chi connectivity index (χ0) is 11.1. The fourth-order valence-electron chi connectivity index (χ4n) is 1.84. The van der Waals surface area contributed by atoms with Crippen molar-refractivity contribution >= 4 is 22.6 Å². The van der Waals surface area contributed by atoms with Gasteiger partial charge in [-0.25, -0.2) is 4.98 Å². The van der Waals surface area contributed by atoms with Gasteiger partial charge in [0.2, 0.25) is 5.95 Å². The molecule has 2 heterocycles. The van der Waals surface area contributed by atoms with E-state index in [1.54, 1.807) is 4.57 Å². The maximum absolute atomic E-state index is 13.8. The van der Waals surface area contributed by atoms with E-state index in [0.717, 1.165) is 11.3 Å². The number of imidazole rings is 1. The molecule has 0 aliphatic carbocycles. The van der Waals surface area contributed by atoms with E-state index >= 15 is 0 Å². The van der Waals surface area contributed by atoms with Gasteiger partial charge in [0.05, 0.1) is 12.1 Å². The molecule has 16 heavy (non-hydrogen) atoms. The Bertz CT molecular complexity index is 553. The fraction of sp³-hybridized carbons (Fsp3) is 0.182. The summed E-state index contributed by atoms with van der Waals surface area (Å²) < 4.78 is 21.3. The molecule has 3 nitrogen and oxygen atoms in total. The molecular weight excluding hydrogens is 322 g/mol. The Kier molecular flexibility index (Phi) is 2.34. The van der Waals surface area contributed by atoms with Crippen LogP contribution < -0.4 is 4.74 Å². The van der Waals surface area contributed by atoms with Crippen molar-refractivity contribution in [3.63, 3.8) is 0 Å². The van der Waals surface area contributed by atoms with Gasteiger partial charge in [-0.1, -0.05) is 12.1 Å². The third kappa shape index (κ3) is 1.41. The Labute approximate surface area is 105 Å². The van der Waals surface area contributed by atoms with E-state index in [4.69, 9.17) is 4.74 Å². The van der Waals surface area contributed by atoms with E-state index in [2.05, 4.69) is 4.98 Å². The van der Waals surface area contributed by atoms with Crippen molar-refractivity contribution in [2.75, 3.05) is 6.61 Å². The summed E-state index contributed by atoms with van der Waals surface area (Å²) in [5, 5.41) is 0. The highest BCUT2D eigenvalue weighted by Crippen LogP contribution is 2.32. The molecular formula is C11H8FIN2O. The first kappa shape index (κ1) is 10.1. The van der Waals surface area contributed by atoms with E-state index in [-0.39, 0.29) is 5.95 Å². The maximum atomic E-state index is 13.8. The van der Waals surface area contributed by atoms with Crippen LogP contribution in [0.4, 0.5) is 4.39 Å². The normalized spacial score (nSPS) is 13.6. The average Bonchev–Trinajstić information content (AvgIpc) is 2.50. The molecule has 3 rings (SSSR count). The van der Waals surface area contributed by atoms with E-state index in [9.17, 15) is 4.39 Å². The fourth-order valence-corrected chi connectivity index (χ4v) is 2.36. The molecule has 0 atom stereocenters. The predicted octanol–water partition coefficient (Wildman–Crippen LogP) is 2.69. The monoisotopic (exact) mass is 330 g/mol. The summed E-state index contributed by atoms with van der Waals surface area (Å²) in [5.74, 6) is 1.13. The van der Waals surface area contributed by atoms with Gasteiger partial charge in [0.15, 0.2) is 3.70 Å². The lowest BCUT2D eigenvalue weighted by molar-refractivity contribution is 0.297. The summed E-state index contributed by atoms with van der Waals surface area (Å²) >= 11 is 1.91. The average molecular weight is 330 g/mol. The van der Waals surface area contributed by atoms with Gasteiger partial charge in [-0.05, 0) is 34.7 Å². The summed E-state index contributed by atoms with van der Waals surface area (Å²) in [7, 11) is 0. The lowest BCUT2D eigenvalue weighted by Crippen LogP contribution is -2.07. The van der Waals surface area contributed by atoms with Crippen LogP contribution in [0.3, 0.4) is 0 Å². The summed E-state index contributed by atoms with van der Waals surface area (Å²) in [6, 6.07) is 7.58. The molecule has 0 fully saturated rings. The number of aromatic nitrogens is 2. The highest BCUT2D eigenvalue weighted by molar-refractivity contribution is 14.1. The molecule has 0 spiro atoms. The molecule has 0 saturated carbocycles. The van der Waals surface area contributed by atoms with Gasteiger partial charge in [-0.2, -0.15) is 4.39 Å². The standard InChI is InChI=1S/C11H8FIN2O/c12-9-10(13)14-11-7-3-1-2-4-8(7)16-6-5-15(9)11/h1-4H,5-6H2. The summed E-state index contributed by atoms with van der Waals surface area (Å²) in [4.78, 5) is 4.25. The Morgan fingerprint density at radius 3 is 3.06 bits per heavy atom. The van der Waals surface area contributed by atoms with Gasteiger partial charge in [-0.15, -0.1) is 0 Å². The molecule has 5 heteroatoms. The van der Waals surface area contributed by atoms with Crippen LogP contribution in [-0.4, -0.2) is 16.2 Å². The second kappa shape index (κ2) is 3.73. The lowest BCUT2D eigenvalue weighted by atomic mass is 10.2. The Hall–Kier alpha value is -1.11. The van der Waals surface area contributed by atoms with Crippen molar-refractivity contribution in [1.82, 2.24) is 9.55 Å². The molecule has 1 aliphatic heterocycles. The zero-order valence-electron chi connectivity index (χ0n) is 8.28. The minimum absolute atomic E-state index is 0.282. The third-order valence-electron chi connectivity index (χ3n) is 2.57. The predicted molar refractivity (Wildman–Crippen MR) is 65.8 cm³/mol. The van der Waals surface area contributed by atoms with Gasteiger partial charge in [0.25, 0.3) is 0 Å². The van der Waals surface area contributed by atoms with E-state index < -0.39 is 0 Å². The zero-order valence-corrected chi connectivity index (χ0v) is 10.4. The number of nitrogens with zero attached hydrogens (tertiary/aromatic N) is 2. The number of halogens is 2.